The molecule has 4 heteroatoms. The quantitative estimate of drug-likeness (QED) is 0.811. The average molecular weight is 250 g/mol. The monoisotopic (exact) mass is 249 g/mol. The Bertz CT molecular complexity index is 353. The maximum atomic E-state index is 13.6. The fourth-order valence-electron chi connectivity index (χ4n) is 1.32. The molecular weight excluding hydrogens is 236 g/mol. The van der Waals surface area contributed by atoms with Gasteiger partial charge in [0.2, 0.25) is 0 Å². The molecule has 1 aromatic carbocycles. The van der Waals surface area contributed by atoms with Crippen LogP contribution in [-0.2, 0) is 0 Å². The smallest absolute Gasteiger partial charge is 0.132 e. The lowest BCUT2D eigenvalue weighted by Gasteiger charge is -2.13. The van der Waals surface area contributed by atoms with Crippen molar-refractivity contribution in [3.63, 3.8) is 0 Å². The van der Waals surface area contributed by atoms with Gasteiger partial charge in [0.15, 0.2) is 0 Å². The highest BCUT2D eigenvalue weighted by atomic mass is 35.5. The lowest BCUT2D eigenvalue weighted by Crippen LogP contribution is -2.12. The van der Waals surface area contributed by atoms with Crippen LogP contribution in [0, 0.1) is 12.7 Å². The summed E-state index contributed by atoms with van der Waals surface area (Å²) in [7, 11) is 0. The summed E-state index contributed by atoms with van der Waals surface area (Å²) in [5.74, 6) is -0.313. The van der Waals surface area contributed by atoms with Crippen molar-refractivity contribution >= 4 is 24.0 Å². The van der Waals surface area contributed by atoms with Gasteiger partial charge in [-0.2, -0.15) is 0 Å². The molecule has 1 nitrogen and oxygen atoms in total. The molecule has 0 amide bonds. The van der Waals surface area contributed by atoms with Crippen molar-refractivity contribution in [3.05, 3.63) is 46.8 Å². The van der Waals surface area contributed by atoms with Crippen LogP contribution in [0.5, 0.6) is 0 Å². The number of halogens is 3. The van der Waals surface area contributed by atoms with E-state index in [2.05, 4.69) is 6.58 Å². The van der Waals surface area contributed by atoms with Gasteiger partial charge in [-0.1, -0.05) is 23.7 Å². The summed E-state index contributed by atoms with van der Waals surface area (Å²) in [6.07, 6.45) is 2.17. The van der Waals surface area contributed by atoms with E-state index in [0.717, 1.165) is 0 Å². The molecule has 0 heterocycles. The van der Waals surface area contributed by atoms with Crippen LogP contribution >= 0.6 is 24.0 Å². The fourth-order valence-corrected chi connectivity index (χ4v) is 1.60. The number of rotatable bonds is 3. The highest BCUT2D eigenvalue weighted by Crippen LogP contribution is 2.28. The summed E-state index contributed by atoms with van der Waals surface area (Å²) in [5.41, 5.74) is 6.72. The Morgan fingerprint density at radius 3 is 2.73 bits per heavy atom. The van der Waals surface area contributed by atoms with Gasteiger partial charge in [-0.05, 0) is 25.0 Å². The Labute approximate surface area is 101 Å². The Morgan fingerprint density at radius 2 is 2.20 bits per heavy atom. The SMILES string of the molecule is C=CC[C@@H](N)c1c(Cl)ccc(C)c1F.Cl. The Balaban J connectivity index is 0.00000196. The molecule has 1 rings (SSSR count). The Morgan fingerprint density at radius 1 is 1.60 bits per heavy atom. The van der Waals surface area contributed by atoms with Gasteiger partial charge in [0.25, 0.3) is 0 Å². The van der Waals surface area contributed by atoms with E-state index in [1.807, 2.05) is 0 Å². The largest absolute Gasteiger partial charge is 0.324 e. The third-order valence-corrected chi connectivity index (χ3v) is 2.44. The van der Waals surface area contributed by atoms with Crippen LogP contribution in [0.25, 0.3) is 0 Å². The van der Waals surface area contributed by atoms with E-state index in [9.17, 15) is 4.39 Å². The van der Waals surface area contributed by atoms with Gasteiger partial charge in [0.05, 0.1) is 0 Å². The number of hydrogen-bond donors (Lipinski definition) is 1. The molecule has 0 aromatic heterocycles. The molecule has 0 unspecified atom stereocenters. The van der Waals surface area contributed by atoms with E-state index in [1.54, 1.807) is 25.1 Å². The van der Waals surface area contributed by atoms with Gasteiger partial charge < -0.3 is 5.73 Å². The standard InChI is InChI=1S/C11H13ClFN.ClH/c1-3-4-9(14)10-8(12)6-5-7(2)11(10)13;/h3,5-6,9H,1,4,14H2,2H3;1H/t9-;/m1./s1. The predicted octanol–water partition coefficient (Wildman–Crippen LogP) is 3.79. The van der Waals surface area contributed by atoms with Crippen LogP contribution in [0.1, 0.15) is 23.6 Å². The highest BCUT2D eigenvalue weighted by Gasteiger charge is 2.15. The molecule has 0 saturated carbocycles. The number of hydrogen-bond acceptors (Lipinski definition) is 1. The second kappa shape index (κ2) is 6.11. The normalized spacial score (nSPS) is 11.7. The van der Waals surface area contributed by atoms with E-state index in [4.69, 9.17) is 17.3 Å². The first kappa shape index (κ1) is 14.4. The average Bonchev–Trinajstić information content (AvgIpc) is 2.13. The molecule has 0 aliphatic heterocycles. The maximum Gasteiger partial charge on any atom is 0.132 e. The van der Waals surface area contributed by atoms with Crippen molar-refractivity contribution in [1.82, 2.24) is 0 Å². The first-order valence-corrected chi connectivity index (χ1v) is 4.76. The van der Waals surface area contributed by atoms with Crippen molar-refractivity contribution in [2.75, 3.05) is 0 Å². The molecule has 0 aliphatic rings. The van der Waals surface area contributed by atoms with Crippen LogP contribution in [0.3, 0.4) is 0 Å². The van der Waals surface area contributed by atoms with Crippen molar-refractivity contribution in [3.8, 4) is 0 Å². The van der Waals surface area contributed by atoms with E-state index in [-0.39, 0.29) is 18.2 Å². The van der Waals surface area contributed by atoms with Crippen LogP contribution in [0.4, 0.5) is 4.39 Å². The van der Waals surface area contributed by atoms with Crippen LogP contribution in [-0.4, -0.2) is 0 Å². The molecule has 1 aromatic rings. The van der Waals surface area contributed by atoms with Gasteiger partial charge in [-0.3, -0.25) is 0 Å². The fraction of sp³-hybridized carbons (Fsp3) is 0.273. The van der Waals surface area contributed by atoms with E-state index in [0.29, 0.717) is 22.6 Å². The molecule has 0 radical (unpaired) electrons. The van der Waals surface area contributed by atoms with Crippen LogP contribution < -0.4 is 5.73 Å². The zero-order chi connectivity index (χ0) is 10.7. The molecule has 2 N–H and O–H groups in total. The zero-order valence-electron chi connectivity index (χ0n) is 8.47. The van der Waals surface area contributed by atoms with E-state index < -0.39 is 6.04 Å². The van der Waals surface area contributed by atoms with Crippen LogP contribution in [0.15, 0.2) is 24.8 Å². The summed E-state index contributed by atoms with van der Waals surface area (Å²) in [4.78, 5) is 0. The summed E-state index contributed by atoms with van der Waals surface area (Å²) in [6, 6.07) is 2.89. The summed E-state index contributed by atoms with van der Waals surface area (Å²) >= 11 is 5.88. The third-order valence-electron chi connectivity index (χ3n) is 2.11. The second-order valence-corrected chi connectivity index (χ2v) is 3.63. The number of nitrogens with two attached hydrogens (primary N) is 1. The summed E-state index contributed by atoms with van der Waals surface area (Å²) in [5, 5.41) is 0.377. The van der Waals surface area contributed by atoms with Crippen molar-refractivity contribution in [2.45, 2.75) is 19.4 Å². The topological polar surface area (TPSA) is 26.0 Å². The molecule has 0 fully saturated rings. The maximum absolute atomic E-state index is 13.6. The molecule has 0 bridgehead atoms. The molecule has 0 aliphatic carbocycles. The first-order valence-electron chi connectivity index (χ1n) is 4.39. The summed E-state index contributed by atoms with van der Waals surface area (Å²) in [6.45, 7) is 5.25. The Hall–Kier alpha value is -0.570. The van der Waals surface area contributed by atoms with Crippen molar-refractivity contribution in [2.24, 2.45) is 5.73 Å². The van der Waals surface area contributed by atoms with Gasteiger partial charge in [-0.25, -0.2) is 4.39 Å². The number of benzene rings is 1. The molecule has 0 saturated heterocycles. The predicted molar refractivity (Wildman–Crippen MR) is 65.1 cm³/mol. The second-order valence-electron chi connectivity index (χ2n) is 3.22. The minimum Gasteiger partial charge on any atom is -0.324 e. The lowest BCUT2D eigenvalue weighted by molar-refractivity contribution is 0.576. The first-order chi connectivity index (χ1) is 6.57. The van der Waals surface area contributed by atoms with Crippen molar-refractivity contribution in [1.29, 1.82) is 0 Å². The van der Waals surface area contributed by atoms with Gasteiger partial charge >= 0.3 is 0 Å². The minimum atomic E-state index is -0.417. The third kappa shape index (κ3) is 3.20. The Kier molecular flexibility index (Phi) is 5.88. The van der Waals surface area contributed by atoms with E-state index >= 15 is 0 Å². The van der Waals surface area contributed by atoms with Gasteiger partial charge in [0, 0.05) is 16.6 Å². The van der Waals surface area contributed by atoms with E-state index in [1.165, 1.54) is 0 Å². The number of aryl methyl sites for hydroxylation is 1. The summed E-state index contributed by atoms with van der Waals surface area (Å²) < 4.78 is 13.6. The van der Waals surface area contributed by atoms with Crippen LogP contribution in [0.2, 0.25) is 5.02 Å². The molecule has 1 atom stereocenters. The molecular formula is C11H14Cl2FN. The van der Waals surface area contributed by atoms with Gasteiger partial charge in [0.1, 0.15) is 5.82 Å². The molecule has 84 valence electrons. The highest BCUT2D eigenvalue weighted by molar-refractivity contribution is 6.31. The molecule has 15 heavy (non-hydrogen) atoms. The van der Waals surface area contributed by atoms with Crippen molar-refractivity contribution < 1.29 is 4.39 Å². The minimum absolute atomic E-state index is 0. The van der Waals surface area contributed by atoms with Gasteiger partial charge in [-0.15, -0.1) is 19.0 Å². The zero-order valence-corrected chi connectivity index (χ0v) is 10.0. The molecule has 0 spiro atoms. The lowest BCUT2D eigenvalue weighted by atomic mass is 10.0.